The predicted molar refractivity (Wildman–Crippen MR) is 123 cm³/mol. The molecule has 2 fully saturated rings. The van der Waals surface area contributed by atoms with Crippen molar-refractivity contribution in [2.45, 2.75) is 94.3 Å². The Balaban J connectivity index is 2.47. The highest BCUT2D eigenvalue weighted by atomic mass is 16.7. The van der Waals surface area contributed by atoms with Crippen LogP contribution in [-0.2, 0) is 38.1 Å². The number of aliphatic hydroxyl groups excluding tert-OH is 3. The lowest BCUT2D eigenvalue weighted by molar-refractivity contribution is -0.305. The van der Waals surface area contributed by atoms with Crippen LogP contribution in [-0.4, -0.2) is 107 Å². The zero-order chi connectivity index (χ0) is 29.3. The molecule has 1 aliphatic heterocycles. The Morgan fingerprint density at radius 1 is 0.872 bits per heavy atom. The third-order valence-electron chi connectivity index (χ3n) is 5.83. The molecule has 1 heterocycles. The van der Waals surface area contributed by atoms with Crippen molar-refractivity contribution in [2.75, 3.05) is 6.61 Å². The number of carbonyl (C=O) groups excluding carboxylic acids is 3. The number of hydrogen-bond acceptors (Lipinski definition) is 14. The standard InChI is InChI=1S/C19H27N9O11/c1-6(29)35-5-11(36-7(2)30)18-14(33)13(32)12(25-28-22)19(39-18)38-17-10(24-27-21)4-9(23-26-20)16(15(17)34)37-8(3)31/h9-19,32-34H,4-5H2,1-3H3/t9-,10+,11-,12-,13-,14+,15-,16+,17-,18+,19+/m1/s1. The molecule has 214 valence electrons. The lowest BCUT2D eigenvalue weighted by Crippen LogP contribution is -2.64. The van der Waals surface area contributed by atoms with Crippen LogP contribution in [0.25, 0.3) is 31.3 Å². The van der Waals surface area contributed by atoms with Gasteiger partial charge in [0.25, 0.3) is 0 Å². The van der Waals surface area contributed by atoms with Gasteiger partial charge >= 0.3 is 17.9 Å². The van der Waals surface area contributed by atoms with E-state index in [0.29, 0.717) is 0 Å². The zero-order valence-electron chi connectivity index (χ0n) is 20.9. The van der Waals surface area contributed by atoms with Crippen LogP contribution >= 0.6 is 0 Å². The molecule has 0 amide bonds. The molecule has 0 bridgehead atoms. The summed E-state index contributed by atoms with van der Waals surface area (Å²) >= 11 is 0. The van der Waals surface area contributed by atoms with Gasteiger partial charge in [0.05, 0.1) is 24.3 Å². The number of carbonyl (C=O) groups is 3. The lowest BCUT2D eigenvalue weighted by Gasteiger charge is -2.47. The van der Waals surface area contributed by atoms with E-state index in [4.69, 9.17) is 40.3 Å². The third-order valence-corrected chi connectivity index (χ3v) is 5.83. The minimum Gasteiger partial charge on any atom is -0.462 e. The summed E-state index contributed by atoms with van der Waals surface area (Å²) in [6.07, 6.45) is -13.7. The van der Waals surface area contributed by atoms with Crippen LogP contribution in [0.4, 0.5) is 0 Å². The quantitative estimate of drug-likeness (QED) is 0.106. The second-order valence-corrected chi connectivity index (χ2v) is 8.54. The topological polar surface area (TPSA) is 304 Å². The van der Waals surface area contributed by atoms with Crippen molar-refractivity contribution in [3.63, 3.8) is 0 Å². The van der Waals surface area contributed by atoms with Gasteiger partial charge in [-0.3, -0.25) is 14.4 Å². The first-order chi connectivity index (χ1) is 18.4. The van der Waals surface area contributed by atoms with Crippen molar-refractivity contribution >= 4 is 17.9 Å². The number of rotatable bonds is 10. The van der Waals surface area contributed by atoms with Gasteiger partial charge in [0.1, 0.15) is 37.1 Å². The second kappa shape index (κ2) is 14.3. The summed E-state index contributed by atoms with van der Waals surface area (Å²) in [4.78, 5) is 42.5. The fourth-order valence-corrected chi connectivity index (χ4v) is 4.27. The molecule has 3 N–H and O–H groups in total. The van der Waals surface area contributed by atoms with Crippen LogP contribution in [0.15, 0.2) is 15.3 Å². The van der Waals surface area contributed by atoms with Crippen molar-refractivity contribution in [3.05, 3.63) is 31.3 Å². The molecule has 1 saturated carbocycles. The van der Waals surface area contributed by atoms with Crippen molar-refractivity contribution in [3.8, 4) is 0 Å². The fraction of sp³-hybridized carbons (Fsp3) is 0.842. The number of esters is 3. The van der Waals surface area contributed by atoms with E-state index in [2.05, 4.69) is 30.1 Å². The number of hydrogen-bond donors (Lipinski definition) is 3. The summed E-state index contributed by atoms with van der Waals surface area (Å²) in [7, 11) is 0. The number of ether oxygens (including phenoxy) is 5. The van der Waals surface area contributed by atoms with Gasteiger partial charge in [0, 0.05) is 35.5 Å². The summed E-state index contributed by atoms with van der Waals surface area (Å²) in [5.74, 6) is -2.45. The molecule has 0 aromatic rings. The van der Waals surface area contributed by atoms with E-state index in [1.165, 1.54) is 0 Å². The van der Waals surface area contributed by atoms with E-state index in [-0.39, 0.29) is 6.42 Å². The Labute approximate surface area is 219 Å². The fourth-order valence-electron chi connectivity index (χ4n) is 4.27. The van der Waals surface area contributed by atoms with Gasteiger partial charge in [0.15, 0.2) is 12.4 Å². The van der Waals surface area contributed by atoms with E-state index < -0.39 is 91.7 Å². The smallest absolute Gasteiger partial charge is 0.303 e. The Morgan fingerprint density at radius 2 is 1.46 bits per heavy atom. The lowest BCUT2D eigenvalue weighted by atomic mass is 9.84. The van der Waals surface area contributed by atoms with E-state index in [1.54, 1.807) is 0 Å². The summed E-state index contributed by atoms with van der Waals surface area (Å²) < 4.78 is 26.5. The molecule has 0 aromatic heterocycles. The molecule has 0 unspecified atom stereocenters. The van der Waals surface area contributed by atoms with Crippen molar-refractivity contribution < 1.29 is 53.4 Å². The van der Waals surface area contributed by atoms with Crippen LogP contribution < -0.4 is 0 Å². The summed E-state index contributed by atoms with van der Waals surface area (Å²) in [6.45, 7) is 2.54. The predicted octanol–water partition coefficient (Wildman–Crippen LogP) is 0.0461. The molecular formula is C19H27N9O11. The Kier molecular flexibility index (Phi) is 11.5. The Morgan fingerprint density at radius 3 is 1.97 bits per heavy atom. The average Bonchev–Trinajstić information content (AvgIpc) is 2.85. The van der Waals surface area contributed by atoms with E-state index in [0.717, 1.165) is 20.8 Å². The highest BCUT2D eigenvalue weighted by Crippen LogP contribution is 2.34. The minimum absolute atomic E-state index is 0.260. The molecule has 0 radical (unpaired) electrons. The van der Waals surface area contributed by atoms with Crippen LogP contribution in [0, 0.1) is 0 Å². The van der Waals surface area contributed by atoms with Gasteiger partial charge in [0.2, 0.25) is 0 Å². The molecule has 2 aliphatic rings. The molecule has 20 nitrogen and oxygen atoms in total. The van der Waals surface area contributed by atoms with Crippen LogP contribution in [0.5, 0.6) is 0 Å². The molecule has 20 heteroatoms. The maximum atomic E-state index is 11.6. The Bertz CT molecular complexity index is 1060. The first kappa shape index (κ1) is 31.4. The van der Waals surface area contributed by atoms with Crippen LogP contribution in [0.1, 0.15) is 27.2 Å². The Hall–Kier alpha value is -3.86. The van der Waals surface area contributed by atoms with Crippen LogP contribution in [0.3, 0.4) is 0 Å². The van der Waals surface area contributed by atoms with E-state index in [9.17, 15) is 29.7 Å². The minimum atomic E-state index is -1.89. The number of nitrogens with zero attached hydrogens (tertiary/aromatic N) is 9. The molecule has 1 saturated heterocycles. The molecule has 1 aliphatic carbocycles. The summed E-state index contributed by atoms with van der Waals surface area (Å²) in [5, 5.41) is 42.8. The molecular weight excluding hydrogens is 530 g/mol. The largest absolute Gasteiger partial charge is 0.462 e. The maximum absolute atomic E-state index is 11.6. The van der Waals surface area contributed by atoms with E-state index in [1.807, 2.05) is 0 Å². The van der Waals surface area contributed by atoms with Gasteiger partial charge in [-0.05, 0) is 23.0 Å². The summed E-state index contributed by atoms with van der Waals surface area (Å²) in [6, 6.07) is -4.08. The van der Waals surface area contributed by atoms with E-state index >= 15 is 0 Å². The normalized spacial score (nSPS) is 34.6. The van der Waals surface area contributed by atoms with Crippen LogP contribution in [0.2, 0.25) is 0 Å². The van der Waals surface area contributed by atoms with Crippen molar-refractivity contribution in [2.24, 2.45) is 15.3 Å². The van der Waals surface area contributed by atoms with Crippen molar-refractivity contribution in [1.29, 1.82) is 0 Å². The number of aliphatic hydroxyl groups is 3. The molecule has 39 heavy (non-hydrogen) atoms. The zero-order valence-corrected chi connectivity index (χ0v) is 20.9. The molecule has 0 spiro atoms. The maximum Gasteiger partial charge on any atom is 0.303 e. The average molecular weight is 557 g/mol. The summed E-state index contributed by atoms with van der Waals surface area (Å²) in [5.41, 5.74) is 26.9. The van der Waals surface area contributed by atoms with Gasteiger partial charge < -0.3 is 39.0 Å². The SMILES string of the molecule is CC(=O)OC[C@@H](OC(C)=O)[C@@H]1O[C@H](O[C@H]2[C@H](O)[C@@H](OC(C)=O)[C@H](N=[N+]=[N-])C[C@@H]2N=[N+]=[N-])[C@H](N=[N+]=[N-])[C@@H](O)[C@@H]1O. The van der Waals surface area contributed by atoms with Gasteiger partial charge in [-0.1, -0.05) is 15.3 Å². The highest BCUT2D eigenvalue weighted by Gasteiger charge is 2.53. The van der Waals surface area contributed by atoms with Gasteiger partial charge in [-0.25, -0.2) is 0 Å². The third kappa shape index (κ3) is 8.06. The first-order valence-corrected chi connectivity index (χ1v) is 11.4. The molecule has 2 rings (SSSR count). The first-order valence-electron chi connectivity index (χ1n) is 11.4. The monoisotopic (exact) mass is 557 g/mol. The van der Waals surface area contributed by atoms with Gasteiger partial charge in [-0.2, -0.15) is 0 Å². The molecule has 0 aromatic carbocycles. The number of azide groups is 3. The van der Waals surface area contributed by atoms with Crippen molar-refractivity contribution in [1.82, 2.24) is 0 Å². The molecule has 11 atom stereocenters. The van der Waals surface area contributed by atoms with Gasteiger partial charge in [-0.15, -0.1) is 0 Å². The second-order valence-electron chi connectivity index (χ2n) is 8.54. The highest BCUT2D eigenvalue weighted by molar-refractivity contribution is 5.67.